The fraction of sp³-hybridized carbons (Fsp3) is 0.571. The molecule has 1 aromatic carbocycles. The van der Waals surface area contributed by atoms with Crippen LogP contribution in [0.5, 0.6) is 5.75 Å². The molecule has 90 valence electrons. The number of hydrogen-bond acceptors (Lipinski definition) is 2. The van der Waals surface area contributed by atoms with Crippen LogP contribution < -0.4 is 10.5 Å². The summed E-state index contributed by atoms with van der Waals surface area (Å²) in [6.07, 6.45) is 0. The third-order valence-electron chi connectivity index (χ3n) is 3.74. The normalized spacial score (nSPS) is 12.7. The highest BCUT2D eigenvalue weighted by Gasteiger charge is 2.35. The van der Waals surface area contributed by atoms with Crippen LogP contribution in [0.4, 0.5) is 0 Å². The first-order valence-corrected chi connectivity index (χ1v) is 5.64. The first-order chi connectivity index (χ1) is 7.20. The quantitative estimate of drug-likeness (QED) is 0.851. The zero-order chi connectivity index (χ0) is 12.6. The summed E-state index contributed by atoms with van der Waals surface area (Å²) in [5.41, 5.74) is 8.23. The molecule has 1 aromatic rings. The largest absolute Gasteiger partial charge is 0.496 e. The minimum absolute atomic E-state index is 0.0893. The van der Waals surface area contributed by atoms with Crippen LogP contribution in [0.1, 0.15) is 38.8 Å². The molecule has 0 saturated carbocycles. The molecular formula is C14H23NO. The van der Waals surface area contributed by atoms with Crippen LogP contribution in [0.3, 0.4) is 0 Å². The van der Waals surface area contributed by atoms with Gasteiger partial charge in [0.15, 0.2) is 0 Å². The molecule has 0 fully saturated rings. The van der Waals surface area contributed by atoms with Gasteiger partial charge in [0.25, 0.3) is 0 Å². The Morgan fingerprint density at radius 1 is 1.12 bits per heavy atom. The molecule has 2 heteroatoms. The third kappa shape index (κ3) is 2.22. The summed E-state index contributed by atoms with van der Waals surface area (Å²) in [7, 11) is 1.70. The minimum atomic E-state index is -0.271. The van der Waals surface area contributed by atoms with Gasteiger partial charge in [0.2, 0.25) is 0 Å². The number of ether oxygens (including phenoxy) is 1. The van der Waals surface area contributed by atoms with Crippen molar-refractivity contribution in [2.45, 2.75) is 45.6 Å². The van der Waals surface area contributed by atoms with E-state index in [1.165, 1.54) is 5.56 Å². The monoisotopic (exact) mass is 221 g/mol. The summed E-state index contributed by atoms with van der Waals surface area (Å²) in [5, 5.41) is 0. The Balaban J connectivity index is 3.24. The number of methoxy groups -OCH3 is 1. The van der Waals surface area contributed by atoms with Crippen LogP contribution in [0, 0.1) is 6.92 Å². The average Bonchev–Trinajstić information content (AvgIpc) is 2.16. The second-order valence-corrected chi connectivity index (χ2v) is 5.53. The molecule has 2 N–H and O–H groups in total. The predicted molar refractivity (Wildman–Crippen MR) is 69.0 cm³/mol. The topological polar surface area (TPSA) is 35.2 Å². The van der Waals surface area contributed by atoms with Crippen molar-refractivity contribution in [1.82, 2.24) is 0 Å². The van der Waals surface area contributed by atoms with Gasteiger partial charge in [0.05, 0.1) is 7.11 Å². The highest BCUT2D eigenvalue weighted by molar-refractivity contribution is 5.40. The lowest BCUT2D eigenvalue weighted by Gasteiger charge is -2.39. The number of aryl methyl sites for hydroxylation is 1. The van der Waals surface area contributed by atoms with E-state index < -0.39 is 0 Å². The van der Waals surface area contributed by atoms with Crippen LogP contribution >= 0.6 is 0 Å². The van der Waals surface area contributed by atoms with Gasteiger partial charge in [-0.3, -0.25) is 0 Å². The standard InChI is InChI=1S/C14H23NO/c1-10-7-8-11(9-12(10)16-6)13(2,3)14(4,5)15/h7-9H,15H2,1-6H3. The van der Waals surface area contributed by atoms with Crippen LogP contribution in [-0.2, 0) is 5.41 Å². The Bertz CT molecular complexity index is 375. The molecule has 0 aliphatic rings. The van der Waals surface area contributed by atoms with E-state index in [9.17, 15) is 0 Å². The second kappa shape index (κ2) is 4.10. The summed E-state index contributed by atoms with van der Waals surface area (Å²) >= 11 is 0. The zero-order valence-corrected chi connectivity index (χ0v) is 11.2. The summed E-state index contributed by atoms with van der Waals surface area (Å²) in [6.45, 7) is 10.5. The average molecular weight is 221 g/mol. The van der Waals surface area contributed by atoms with Gasteiger partial charge in [-0.25, -0.2) is 0 Å². The Kier molecular flexibility index (Phi) is 3.34. The second-order valence-electron chi connectivity index (χ2n) is 5.53. The molecule has 16 heavy (non-hydrogen) atoms. The highest BCUT2D eigenvalue weighted by atomic mass is 16.5. The van der Waals surface area contributed by atoms with Crippen LogP contribution in [-0.4, -0.2) is 12.6 Å². The van der Waals surface area contributed by atoms with Crippen LogP contribution in [0.25, 0.3) is 0 Å². The van der Waals surface area contributed by atoms with E-state index in [4.69, 9.17) is 10.5 Å². The maximum absolute atomic E-state index is 6.23. The maximum Gasteiger partial charge on any atom is 0.122 e. The van der Waals surface area contributed by atoms with Crippen molar-refractivity contribution in [1.29, 1.82) is 0 Å². The molecule has 0 bridgehead atoms. The van der Waals surface area contributed by atoms with E-state index in [2.05, 4.69) is 45.9 Å². The summed E-state index contributed by atoms with van der Waals surface area (Å²) in [5.74, 6) is 0.926. The van der Waals surface area contributed by atoms with Crippen molar-refractivity contribution in [2.24, 2.45) is 5.73 Å². The Morgan fingerprint density at radius 2 is 1.69 bits per heavy atom. The lowest BCUT2D eigenvalue weighted by atomic mass is 9.70. The molecule has 2 nitrogen and oxygen atoms in total. The molecule has 0 radical (unpaired) electrons. The lowest BCUT2D eigenvalue weighted by molar-refractivity contribution is 0.304. The Hall–Kier alpha value is -1.02. The number of benzene rings is 1. The highest BCUT2D eigenvalue weighted by Crippen LogP contribution is 2.35. The van der Waals surface area contributed by atoms with Crippen LogP contribution in [0.15, 0.2) is 18.2 Å². The molecule has 0 spiro atoms. The van der Waals surface area contributed by atoms with E-state index in [1.807, 2.05) is 6.92 Å². The lowest BCUT2D eigenvalue weighted by Crippen LogP contribution is -2.50. The zero-order valence-electron chi connectivity index (χ0n) is 11.2. The summed E-state index contributed by atoms with van der Waals surface area (Å²) < 4.78 is 5.35. The molecule has 1 rings (SSSR count). The van der Waals surface area contributed by atoms with E-state index in [0.717, 1.165) is 11.3 Å². The van der Waals surface area contributed by atoms with Gasteiger partial charge >= 0.3 is 0 Å². The van der Waals surface area contributed by atoms with Gasteiger partial charge in [-0.2, -0.15) is 0 Å². The van der Waals surface area contributed by atoms with E-state index in [1.54, 1.807) is 7.11 Å². The molecule has 0 unspecified atom stereocenters. The van der Waals surface area contributed by atoms with E-state index in [0.29, 0.717) is 0 Å². The molecule has 0 saturated heterocycles. The van der Waals surface area contributed by atoms with Crippen molar-refractivity contribution in [3.05, 3.63) is 29.3 Å². The first-order valence-electron chi connectivity index (χ1n) is 5.64. The molecule has 0 aliphatic carbocycles. The van der Waals surface area contributed by atoms with Gasteiger partial charge in [-0.1, -0.05) is 26.0 Å². The van der Waals surface area contributed by atoms with Crippen molar-refractivity contribution in [3.8, 4) is 5.75 Å². The van der Waals surface area contributed by atoms with Gasteiger partial charge in [-0.05, 0) is 38.0 Å². The molecule has 0 aromatic heterocycles. The Morgan fingerprint density at radius 3 is 2.12 bits per heavy atom. The van der Waals surface area contributed by atoms with Crippen LogP contribution in [0.2, 0.25) is 0 Å². The number of nitrogens with two attached hydrogens (primary N) is 1. The smallest absolute Gasteiger partial charge is 0.122 e. The van der Waals surface area contributed by atoms with Crippen molar-refractivity contribution < 1.29 is 4.74 Å². The number of rotatable bonds is 3. The molecule has 0 aliphatic heterocycles. The maximum atomic E-state index is 6.23. The van der Waals surface area contributed by atoms with Gasteiger partial charge in [0.1, 0.15) is 5.75 Å². The van der Waals surface area contributed by atoms with Gasteiger partial charge in [0, 0.05) is 11.0 Å². The minimum Gasteiger partial charge on any atom is -0.496 e. The molecule has 0 atom stereocenters. The van der Waals surface area contributed by atoms with E-state index in [-0.39, 0.29) is 11.0 Å². The molecular weight excluding hydrogens is 198 g/mol. The van der Waals surface area contributed by atoms with Crippen molar-refractivity contribution >= 4 is 0 Å². The molecule has 0 heterocycles. The van der Waals surface area contributed by atoms with Gasteiger partial charge in [-0.15, -0.1) is 0 Å². The number of hydrogen-bond donors (Lipinski definition) is 1. The summed E-state index contributed by atoms with van der Waals surface area (Å²) in [6, 6.07) is 6.30. The first kappa shape index (κ1) is 13.0. The SMILES string of the molecule is COc1cc(C(C)(C)C(C)(C)N)ccc1C. The fourth-order valence-electron chi connectivity index (χ4n) is 1.58. The molecule has 0 amide bonds. The van der Waals surface area contributed by atoms with Gasteiger partial charge < -0.3 is 10.5 Å². The Labute approximate surface area is 98.8 Å². The third-order valence-corrected chi connectivity index (χ3v) is 3.74. The van der Waals surface area contributed by atoms with Crippen molar-refractivity contribution in [3.63, 3.8) is 0 Å². The summed E-state index contributed by atoms with van der Waals surface area (Å²) in [4.78, 5) is 0. The fourth-order valence-corrected chi connectivity index (χ4v) is 1.58. The van der Waals surface area contributed by atoms with Crippen molar-refractivity contribution in [2.75, 3.05) is 7.11 Å². The predicted octanol–water partition coefficient (Wildman–Crippen LogP) is 3.02. The van der Waals surface area contributed by atoms with E-state index >= 15 is 0 Å².